The first-order valence-corrected chi connectivity index (χ1v) is 20.5. The monoisotopic (exact) mass is 764 g/mol. The Labute approximate surface area is 348 Å². The van der Waals surface area contributed by atoms with Gasteiger partial charge in [0.05, 0.1) is 16.8 Å². The minimum absolute atomic E-state index is 0.502. The van der Waals surface area contributed by atoms with Crippen LogP contribution in [0.3, 0.4) is 0 Å². The van der Waals surface area contributed by atoms with Gasteiger partial charge in [-0.1, -0.05) is 182 Å². The molecule has 0 saturated heterocycles. The zero-order valence-corrected chi connectivity index (χ0v) is 32.6. The van der Waals surface area contributed by atoms with Gasteiger partial charge in [0, 0.05) is 27.8 Å². The number of nitrogens with zero attached hydrogens (tertiary/aromatic N) is 2. The molecule has 10 aromatic rings. The van der Waals surface area contributed by atoms with Crippen LogP contribution in [0.5, 0.6) is 11.5 Å². The van der Waals surface area contributed by atoms with E-state index in [-0.39, 0.29) is 0 Å². The number of rotatable bonds is 5. The third-order valence-electron chi connectivity index (χ3n) is 12.4. The van der Waals surface area contributed by atoms with Crippen molar-refractivity contribution in [1.29, 1.82) is 0 Å². The summed E-state index contributed by atoms with van der Waals surface area (Å²) in [7, 11) is 0. The molecular weight excluding hydrogens is 729 g/mol. The molecule has 0 radical (unpaired) electrons. The molecule has 0 N–H and O–H groups in total. The third-order valence-corrected chi connectivity index (χ3v) is 12.4. The minimum atomic E-state index is -0.502. The summed E-state index contributed by atoms with van der Waals surface area (Å²) in [4.78, 5) is 10.2. The van der Waals surface area contributed by atoms with Gasteiger partial charge in [-0.2, -0.15) is 0 Å². The van der Waals surface area contributed by atoms with Gasteiger partial charge >= 0.3 is 0 Å². The van der Waals surface area contributed by atoms with Gasteiger partial charge in [-0.25, -0.2) is 9.97 Å². The fraction of sp³-hybridized carbons (Fsp3) is 0.0175. The highest BCUT2D eigenvalue weighted by atomic mass is 16.5. The molecule has 1 aliphatic heterocycles. The first-order chi connectivity index (χ1) is 29.7. The normalized spacial score (nSPS) is 12.9. The van der Waals surface area contributed by atoms with Crippen molar-refractivity contribution >= 4 is 10.8 Å². The van der Waals surface area contributed by atoms with E-state index < -0.39 is 5.41 Å². The first kappa shape index (κ1) is 34.2. The van der Waals surface area contributed by atoms with Gasteiger partial charge in [0.1, 0.15) is 11.5 Å². The molecule has 1 spiro atoms. The Hall–Kier alpha value is -7.88. The SMILES string of the molecule is c1ccc(-c2ccc(-c3cc(-c4ccc5cc(-c6ccc7c(c6)C6(c8ccccc8Oc8ccccc86)c6ccccc6-7)ccc5c4)nc(-c4ccccc4)n3)cc2)cc1. The summed E-state index contributed by atoms with van der Waals surface area (Å²) in [5, 5.41) is 2.33. The van der Waals surface area contributed by atoms with Gasteiger partial charge in [0.25, 0.3) is 0 Å². The first-order valence-electron chi connectivity index (χ1n) is 20.5. The van der Waals surface area contributed by atoms with Gasteiger partial charge < -0.3 is 4.74 Å². The highest BCUT2D eigenvalue weighted by molar-refractivity contribution is 5.94. The fourth-order valence-corrected chi connectivity index (χ4v) is 9.54. The molecule has 1 aromatic heterocycles. The summed E-state index contributed by atoms with van der Waals surface area (Å²) in [6.45, 7) is 0. The molecule has 2 heterocycles. The van der Waals surface area contributed by atoms with Gasteiger partial charge in [-0.3, -0.25) is 0 Å². The smallest absolute Gasteiger partial charge is 0.160 e. The predicted molar refractivity (Wildman–Crippen MR) is 244 cm³/mol. The highest BCUT2D eigenvalue weighted by Crippen LogP contribution is 2.62. The maximum Gasteiger partial charge on any atom is 0.160 e. The molecule has 3 nitrogen and oxygen atoms in total. The molecule has 0 saturated carbocycles. The lowest BCUT2D eigenvalue weighted by Crippen LogP contribution is -2.32. The molecule has 0 amide bonds. The molecule has 9 aromatic carbocycles. The number of aromatic nitrogens is 2. The lowest BCUT2D eigenvalue weighted by atomic mass is 9.66. The standard InChI is InChI=1S/C57H36N2O/c1-3-13-37(14-4-1)38-23-25-39(26-24-38)52-36-53(59-56(58-52)40-15-5-2-6-16-40)45-30-29-41-33-42(27-28-43(41)34-45)44-31-32-47-46-17-7-8-18-48(46)57(51(47)35-44)49-19-9-11-21-54(49)60-55-22-12-10-20-50(55)57/h1-36H. The Kier molecular flexibility index (Phi) is 7.76. The van der Waals surface area contributed by atoms with Crippen LogP contribution in [0, 0.1) is 0 Å². The molecule has 3 heteroatoms. The zero-order chi connectivity index (χ0) is 39.6. The van der Waals surface area contributed by atoms with E-state index >= 15 is 0 Å². The number of fused-ring (bicyclic) bond motifs is 10. The van der Waals surface area contributed by atoms with Crippen LogP contribution in [0.15, 0.2) is 218 Å². The molecule has 280 valence electrons. The van der Waals surface area contributed by atoms with Gasteiger partial charge in [-0.15, -0.1) is 0 Å². The Morgan fingerprint density at radius 2 is 0.767 bits per heavy atom. The molecule has 0 fully saturated rings. The van der Waals surface area contributed by atoms with Crippen molar-refractivity contribution < 1.29 is 4.74 Å². The molecule has 0 atom stereocenters. The van der Waals surface area contributed by atoms with Crippen molar-refractivity contribution in [3.8, 4) is 78.8 Å². The Balaban J connectivity index is 0.949. The van der Waals surface area contributed by atoms with Crippen LogP contribution in [0.2, 0.25) is 0 Å². The average molecular weight is 765 g/mol. The summed E-state index contributed by atoms with van der Waals surface area (Å²) in [6, 6.07) is 77.9. The highest BCUT2D eigenvalue weighted by Gasteiger charge is 2.51. The number of hydrogen-bond acceptors (Lipinski definition) is 3. The van der Waals surface area contributed by atoms with Crippen molar-refractivity contribution in [2.24, 2.45) is 0 Å². The van der Waals surface area contributed by atoms with Crippen LogP contribution < -0.4 is 4.74 Å². The van der Waals surface area contributed by atoms with Crippen molar-refractivity contribution in [2.75, 3.05) is 0 Å². The molecular formula is C57H36N2O. The van der Waals surface area contributed by atoms with E-state index in [1.807, 2.05) is 24.3 Å². The summed E-state index contributed by atoms with van der Waals surface area (Å²) in [6.07, 6.45) is 0. The number of benzene rings is 9. The molecule has 2 aliphatic rings. The maximum atomic E-state index is 6.57. The van der Waals surface area contributed by atoms with E-state index in [1.165, 1.54) is 61.0 Å². The van der Waals surface area contributed by atoms with Crippen LogP contribution >= 0.6 is 0 Å². The summed E-state index contributed by atoms with van der Waals surface area (Å²) >= 11 is 0. The van der Waals surface area contributed by atoms with Crippen molar-refractivity contribution in [3.05, 3.63) is 241 Å². The molecule has 0 bridgehead atoms. The Bertz CT molecular complexity index is 3240. The molecule has 0 unspecified atom stereocenters. The molecule has 12 rings (SSSR count). The second-order valence-electron chi connectivity index (χ2n) is 15.7. The second-order valence-corrected chi connectivity index (χ2v) is 15.7. The van der Waals surface area contributed by atoms with E-state index in [0.29, 0.717) is 5.82 Å². The zero-order valence-electron chi connectivity index (χ0n) is 32.6. The van der Waals surface area contributed by atoms with E-state index in [2.05, 4.69) is 194 Å². The summed E-state index contributed by atoms with van der Waals surface area (Å²) in [5.41, 5.74) is 16.5. The Morgan fingerprint density at radius 1 is 0.300 bits per heavy atom. The largest absolute Gasteiger partial charge is 0.457 e. The van der Waals surface area contributed by atoms with Crippen molar-refractivity contribution in [1.82, 2.24) is 9.97 Å². The molecule has 60 heavy (non-hydrogen) atoms. The van der Waals surface area contributed by atoms with Crippen LogP contribution in [0.1, 0.15) is 22.3 Å². The third kappa shape index (κ3) is 5.37. The van der Waals surface area contributed by atoms with Gasteiger partial charge in [0.15, 0.2) is 5.82 Å². The second kappa shape index (κ2) is 13.6. The number of para-hydroxylation sites is 2. The molecule has 1 aliphatic carbocycles. The maximum absolute atomic E-state index is 6.57. The van der Waals surface area contributed by atoms with Gasteiger partial charge in [0.2, 0.25) is 0 Å². The van der Waals surface area contributed by atoms with Crippen LogP contribution in [0.25, 0.3) is 78.1 Å². The van der Waals surface area contributed by atoms with Crippen molar-refractivity contribution in [2.45, 2.75) is 5.41 Å². The van der Waals surface area contributed by atoms with E-state index in [0.717, 1.165) is 45.0 Å². The predicted octanol–water partition coefficient (Wildman–Crippen LogP) is 14.4. The van der Waals surface area contributed by atoms with Crippen LogP contribution in [0.4, 0.5) is 0 Å². The van der Waals surface area contributed by atoms with Crippen LogP contribution in [-0.2, 0) is 5.41 Å². The fourth-order valence-electron chi connectivity index (χ4n) is 9.54. The average Bonchev–Trinajstić information content (AvgIpc) is 3.61. The summed E-state index contributed by atoms with van der Waals surface area (Å²) < 4.78 is 6.57. The number of hydrogen-bond donors (Lipinski definition) is 0. The quantitative estimate of drug-likeness (QED) is 0.175. The van der Waals surface area contributed by atoms with E-state index in [1.54, 1.807) is 0 Å². The van der Waals surface area contributed by atoms with Gasteiger partial charge in [-0.05, 0) is 91.7 Å². The van der Waals surface area contributed by atoms with Crippen molar-refractivity contribution in [3.63, 3.8) is 0 Å². The summed E-state index contributed by atoms with van der Waals surface area (Å²) in [5.74, 6) is 2.51. The lowest BCUT2D eigenvalue weighted by molar-refractivity contribution is 0.436. The topological polar surface area (TPSA) is 35.0 Å². The Morgan fingerprint density at radius 3 is 1.47 bits per heavy atom. The lowest BCUT2D eigenvalue weighted by Gasteiger charge is -2.39. The van der Waals surface area contributed by atoms with E-state index in [9.17, 15) is 0 Å². The van der Waals surface area contributed by atoms with E-state index in [4.69, 9.17) is 14.7 Å². The minimum Gasteiger partial charge on any atom is -0.457 e. The number of ether oxygens (including phenoxy) is 1. The van der Waals surface area contributed by atoms with Crippen LogP contribution in [-0.4, -0.2) is 9.97 Å².